The van der Waals surface area contributed by atoms with Crippen molar-refractivity contribution in [3.63, 3.8) is 0 Å². The first-order valence-electron chi connectivity index (χ1n) is 8.67. The van der Waals surface area contributed by atoms with E-state index in [2.05, 4.69) is 5.32 Å². The summed E-state index contributed by atoms with van der Waals surface area (Å²) in [6, 6.07) is 12.5. The molecule has 0 saturated carbocycles. The van der Waals surface area contributed by atoms with Gasteiger partial charge in [-0.2, -0.15) is 0 Å². The van der Waals surface area contributed by atoms with Gasteiger partial charge in [0.25, 0.3) is 0 Å². The average Bonchev–Trinajstić information content (AvgIpc) is 2.91. The van der Waals surface area contributed by atoms with E-state index in [1.807, 2.05) is 13.0 Å². The Labute approximate surface area is 161 Å². The van der Waals surface area contributed by atoms with Crippen molar-refractivity contribution in [1.29, 1.82) is 0 Å². The molecule has 2 aromatic rings. The lowest BCUT2D eigenvalue weighted by molar-refractivity contribution is -0.140. The maximum absolute atomic E-state index is 12.6. The van der Waals surface area contributed by atoms with Gasteiger partial charge >= 0.3 is 17.8 Å². The normalized spacial score (nSPS) is 13.9. The molecule has 0 atom stereocenters. The Kier molecular flexibility index (Phi) is 5.39. The summed E-state index contributed by atoms with van der Waals surface area (Å²) in [5.74, 6) is -2.08. The third-order valence-corrected chi connectivity index (χ3v) is 4.30. The third kappa shape index (κ3) is 3.71. The van der Waals surface area contributed by atoms with E-state index in [0.717, 1.165) is 16.9 Å². The van der Waals surface area contributed by atoms with Crippen LogP contribution < -0.4 is 15.0 Å². The summed E-state index contributed by atoms with van der Waals surface area (Å²) in [6.07, 6.45) is 0.804. The molecule has 1 N–H and O–H groups in total. The molecule has 0 unspecified atom stereocenters. The number of carbonyl (C=O) groups excluding carboxylic acids is 4. The summed E-state index contributed by atoms with van der Waals surface area (Å²) >= 11 is 0. The first kappa shape index (κ1) is 19.1. The highest BCUT2D eigenvalue weighted by atomic mass is 16.5. The van der Waals surface area contributed by atoms with Crippen molar-refractivity contribution in [2.75, 3.05) is 23.9 Å². The number of anilines is 2. The average molecular weight is 381 g/mol. The topological polar surface area (TPSA) is 96.0 Å². The summed E-state index contributed by atoms with van der Waals surface area (Å²) in [5.41, 5.74) is 1.82. The van der Waals surface area contributed by atoms with E-state index in [1.165, 1.54) is 19.2 Å². The maximum Gasteiger partial charge on any atom is 0.339 e. The molecule has 0 spiro atoms. The molecule has 3 rings (SSSR count). The second-order valence-corrected chi connectivity index (χ2v) is 6.11. The number of nitrogens with zero attached hydrogens (tertiary/aromatic N) is 2. The van der Waals surface area contributed by atoms with Crippen molar-refractivity contribution < 1.29 is 23.9 Å². The number of imide groups is 2. The van der Waals surface area contributed by atoms with Gasteiger partial charge < -0.3 is 10.1 Å². The molecule has 8 nitrogen and oxygen atoms in total. The number of aryl methyl sites for hydroxylation is 1. The van der Waals surface area contributed by atoms with Crippen LogP contribution in [0.3, 0.4) is 0 Å². The lowest BCUT2D eigenvalue weighted by Gasteiger charge is -2.15. The molecular formula is C20H19N3O5. The molecule has 0 aliphatic carbocycles. The van der Waals surface area contributed by atoms with E-state index in [0.29, 0.717) is 16.3 Å². The van der Waals surface area contributed by atoms with E-state index in [-0.39, 0.29) is 5.69 Å². The van der Waals surface area contributed by atoms with E-state index >= 15 is 0 Å². The first-order chi connectivity index (χ1) is 13.4. The zero-order valence-electron chi connectivity index (χ0n) is 15.5. The molecule has 8 heteroatoms. The van der Waals surface area contributed by atoms with Gasteiger partial charge in [-0.1, -0.05) is 19.1 Å². The van der Waals surface area contributed by atoms with Crippen LogP contribution in [0.4, 0.5) is 16.2 Å². The highest BCUT2D eigenvalue weighted by molar-refractivity contribution is 6.53. The van der Waals surface area contributed by atoms with Gasteiger partial charge in [-0.05, 0) is 48.4 Å². The van der Waals surface area contributed by atoms with Crippen molar-refractivity contribution in [2.45, 2.75) is 13.3 Å². The lowest BCUT2D eigenvalue weighted by atomic mass is 10.1. The fourth-order valence-electron chi connectivity index (χ4n) is 2.82. The van der Waals surface area contributed by atoms with Crippen LogP contribution in [0.5, 0.6) is 5.75 Å². The van der Waals surface area contributed by atoms with E-state index in [4.69, 9.17) is 4.74 Å². The van der Waals surface area contributed by atoms with Crippen molar-refractivity contribution >= 4 is 35.1 Å². The van der Waals surface area contributed by atoms with Gasteiger partial charge in [0.2, 0.25) is 5.91 Å². The lowest BCUT2D eigenvalue weighted by Crippen LogP contribution is -2.39. The molecule has 0 aromatic heterocycles. The minimum Gasteiger partial charge on any atom is -0.497 e. The Hall–Kier alpha value is -3.68. The second kappa shape index (κ2) is 7.91. The van der Waals surface area contributed by atoms with Gasteiger partial charge in [0.1, 0.15) is 12.3 Å². The Morgan fingerprint density at radius 1 is 1.04 bits per heavy atom. The number of ether oxygens (including phenoxy) is 1. The Balaban J connectivity index is 1.73. The zero-order valence-corrected chi connectivity index (χ0v) is 15.5. The smallest absolute Gasteiger partial charge is 0.339 e. The summed E-state index contributed by atoms with van der Waals surface area (Å²) in [7, 11) is 1.49. The summed E-state index contributed by atoms with van der Waals surface area (Å²) in [5, 5.41) is 2.64. The van der Waals surface area contributed by atoms with Crippen molar-refractivity contribution in [3.05, 3.63) is 54.1 Å². The number of rotatable bonds is 6. The van der Waals surface area contributed by atoms with E-state index < -0.39 is 30.3 Å². The number of methoxy groups -OCH3 is 1. The molecular weight excluding hydrogens is 362 g/mol. The van der Waals surface area contributed by atoms with Crippen molar-refractivity contribution in [3.8, 4) is 5.75 Å². The number of hydrogen-bond donors (Lipinski definition) is 1. The molecule has 0 bridgehead atoms. The highest BCUT2D eigenvalue weighted by Gasteiger charge is 2.46. The van der Waals surface area contributed by atoms with E-state index in [9.17, 15) is 19.2 Å². The molecule has 1 saturated heterocycles. The van der Waals surface area contributed by atoms with Gasteiger partial charge in [-0.3, -0.25) is 14.4 Å². The van der Waals surface area contributed by atoms with Crippen molar-refractivity contribution in [2.24, 2.45) is 0 Å². The van der Waals surface area contributed by atoms with Crippen LogP contribution in [0.1, 0.15) is 12.5 Å². The first-order valence-corrected chi connectivity index (χ1v) is 8.67. The van der Waals surface area contributed by atoms with Gasteiger partial charge in [-0.15, -0.1) is 0 Å². The molecule has 0 radical (unpaired) electrons. The fraction of sp³-hybridized carbons (Fsp3) is 0.200. The van der Waals surface area contributed by atoms with Gasteiger partial charge in [0, 0.05) is 5.69 Å². The molecule has 5 amide bonds. The predicted molar refractivity (Wildman–Crippen MR) is 102 cm³/mol. The Morgan fingerprint density at radius 2 is 1.75 bits per heavy atom. The third-order valence-electron chi connectivity index (χ3n) is 4.30. The van der Waals surface area contributed by atoms with Crippen LogP contribution in [0, 0.1) is 0 Å². The Morgan fingerprint density at radius 3 is 2.39 bits per heavy atom. The van der Waals surface area contributed by atoms with E-state index in [1.54, 1.807) is 30.3 Å². The molecule has 1 fully saturated rings. The van der Waals surface area contributed by atoms with Gasteiger partial charge in [0.05, 0.1) is 12.8 Å². The predicted octanol–water partition coefficient (Wildman–Crippen LogP) is 2.19. The number of carbonyl (C=O) groups is 4. The van der Waals surface area contributed by atoms with Crippen LogP contribution in [0.15, 0.2) is 48.5 Å². The molecule has 2 aromatic carbocycles. The second-order valence-electron chi connectivity index (χ2n) is 6.11. The van der Waals surface area contributed by atoms with Crippen LogP contribution in [-0.2, 0) is 20.8 Å². The molecule has 144 valence electrons. The van der Waals surface area contributed by atoms with Crippen LogP contribution in [0.2, 0.25) is 0 Å². The fourth-order valence-corrected chi connectivity index (χ4v) is 2.82. The molecule has 28 heavy (non-hydrogen) atoms. The molecule has 1 aliphatic rings. The Bertz CT molecular complexity index is 939. The molecule has 1 aliphatic heterocycles. The van der Waals surface area contributed by atoms with Crippen molar-refractivity contribution in [1.82, 2.24) is 4.90 Å². The minimum absolute atomic E-state index is 0.225. The van der Waals surface area contributed by atoms with Crippen LogP contribution in [0.25, 0.3) is 0 Å². The zero-order chi connectivity index (χ0) is 20.3. The largest absolute Gasteiger partial charge is 0.497 e. The summed E-state index contributed by atoms with van der Waals surface area (Å²) in [6.45, 7) is 1.44. The number of urea groups is 1. The van der Waals surface area contributed by atoms with Crippen LogP contribution in [-0.4, -0.2) is 42.3 Å². The molecule has 1 heterocycles. The summed E-state index contributed by atoms with van der Waals surface area (Å²) in [4.78, 5) is 50.7. The number of amides is 5. The van der Waals surface area contributed by atoms with Gasteiger partial charge in [-0.25, -0.2) is 14.6 Å². The monoisotopic (exact) mass is 381 g/mol. The SMILES string of the molecule is CCc1cccc(NC(=O)CN2C(=O)C(=O)N(c3ccc(OC)cc3)C2=O)c1. The standard InChI is InChI=1S/C20H19N3O5/c1-3-13-5-4-6-14(11-13)21-17(24)12-22-18(25)19(26)23(20(22)27)15-7-9-16(28-2)10-8-15/h4-11H,3,12H2,1-2H3,(H,21,24). The minimum atomic E-state index is -1.04. The number of nitrogens with one attached hydrogen (secondary N) is 1. The highest BCUT2D eigenvalue weighted by Crippen LogP contribution is 2.24. The van der Waals surface area contributed by atoms with Gasteiger partial charge in [0.15, 0.2) is 0 Å². The quantitative estimate of drug-likeness (QED) is 0.611. The number of benzene rings is 2. The summed E-state index contributed by atoms with van der Waals surface area (Å²) < 4.78 is 5.03. The number of hydrogen-bond acceptors (Lipinski definition) is 5. The maximum atomic E-state index is 12.6. The van der Waals surface area contributed by atoms with Crippen LogP contribution >= 0.6 is 0 Å².